The average Bonchev–Trinajstić information content (AvgIpc) is 3.03. The molecule has 1 heterocycles. The summed E-state index contributed by atoms with van der Waals surface area (Å²) in [5, 5.41) is 10.6. The summed E-state index contributed by atoms with van der Waals surface area (Å²) >= 11 is 5.89. The van der Waals surface area contributed by atoms with Gasteiger partial charge in [0.2, 0.25) is 11.8 Å². The van der Waals surface area contributed by atoms with Crippen molar-refractivity contribution >= 4 is 51.2 Å². The highest BCUT2D eigenvalue weighted by atomic mass is 35.5. The van der Waals surface area contributed by atoms with E-state index >= 15 is 0 Å². The van der Waals surface area contributed by atoms with E-state index in [2.05, 4.69) is 9.68 Å². The molecule has 0 aromatic heterocycles. The lowest BCUT2D eigenvalue weighted by molar-refractivity contribution is -0.137. The highest BCUT2D eigenvalue weighted by molar-refractivity contribution is 7.93. The van der Waals surface area contributed by atoms with Gasteiger partial charge in [0.15, 0.2) is 0 Å². The van der Waals surface area contributed by atoms with Crippen LogP contribution in [0.5, 0.6) is 0 Å². The number of nitrogens with zero attached hydrogens (tertiary/aromatic N) is 3. The molecule has 0 spiro atoms. The Bertz CT molecular complexity index is 1470. The van der Waals surface area contributed by atoms with E-state index in [0.29, 0.717) is 6.07 Å². The summed E-state index contributed by atoms with van der Waals surface area (Å²) < 4.78 is 85.6. The number of alkyl halides is 5. The highest BCUT2D eigenvalue weighted by Crippen LogP contribution is 2.40. The Hall–Kier alpha value is -3.18. The second-order valence-electron chi connectivity index (χ2n) is 9.55. The maximum absolute atomic E-state index is 14.0. The number of benzene rings is 2. The molecule has 1 fully saturated rings. The monoisotopic (exact) mass is 602 g/mol. The molecule has 214 valence electrons. The average molecular weight is 603 g/mol. The van der Waals surface area contributed by atoms with E-state index in [1.165, 1.54) is 42.2 Å². The van der Waals surface area contributed by atoms with Crippen molar-refractivity contribution < 1.29 is 35.8 Å². The number of carbonyl (C=O) groups excluding carboxylic acids is 2. The molecule has 1 atom stereocenters. The largest absolute Gasteiger partial charge is 0.417 e. The van der Waals surface area contributed by atoms with Crippen molar-refractivity contribution in [3.8, 4) is 5.97 Å². The Morgan fingerprint density at radius 3 is 2.58 bits per heavy atom. The van der Waals surface area contributed by atoms with E-state index in [4.69, 9.17) is 16.9 Å². The highest BCUT2D eigenvalue weighted by Gasteiger charge is 2.37. The van der Waals surface area contributed by atoms with Gasteiger partial charge in [0, 0.05) is 55.1 Å². The summed E-state index contributed by atoms with van der Waals surface area (Å²) in [6, 6.07) is 7.10. The number of amides is 2. The molecule has 1 N–H and O–H groups in total. The molecule has 1 aliphatic heterocycles. The minimum atomic E-state index is -4.85. The van der Waals surface area contributed by atoms with Crippen LogP contribution in [0.1, 0.15) is 35.2 Å². The third-order valence-electron chi connectivity index (χ3n) is 6.20. The molecule has 0 radical (unpaired) electrons. The maximum atomic E-state index is 14.0. The minimum Gasteiger partial charge on any atom is -0.371 e. The predicted molar refractivity (Wildman–Crippen MR) is 144 cm³/mol. The fraction of sp³-hybridized carbons (Fsp3) is 0.400. The number of rotatable bonds is 6. The molecular weight excluding hydrogens is 578 g/mol. The second-order valence-corrected chi connectivity index (χ2v) is 12.2. The fourth-order valence-electron chi connectivity index (χ4n) is 4.13. The van der Waals surface area contributed by atoms with Crippen molar-refractivity contribution in [3.63, 3.8) is 0 Å². The Morgan fingerprint density at radius 1 is 1.23 bits per heavy atom. The van der Waals surface area contributed by atoms with Gasteiger partial charge < -0.3 is 10.2 Å². The van der Waals surface area contributed by atoms with Gasteiger partial charge in [0.1, 0.15) is 0 Å². The summed E-state index contributed by atoms with van der Waals surface area (Å²) in [5.41, 5.74) is -1.58. The van der Waals surface area contributed by atoms with Gasteiger partial charge in [0.05, 0.1) is 31.6 Å². The number of hydrogen-bond donors (Lipinski definition) is 1. The van der Waals surface area contributed by atoms with Gasteiger partial charge >= 0.3 is 6.18 Å². The number of carbonyl (C=O) groups is 2. The number of hydrogen-bond acceptors (Lipinski definition) is 5. The summed E-state index contributed by atoms with van der Waals surface area (Å²) in [7, 11) is -3.27. The van der Waals surface area contributed by atoms with Gasteiger partial charge in [-0.15, -0.1) is 0 Å². The fourth-order valence-corrected chi connectivity index (χ4v) is 5.64. The Morgan fingerprint density at radius 2 is 1.93 bits per heavy atom. The maximum Gasteiger partial charge on any atom is 0.417 e. The molecule has 1 saturated heterocycles. The van der Waals surface area contributed by atoms with Crippen LogP contribution in [0.4, 0.5) is 33.3 Å². The van der Waals surface area contributed by atoms with Gasteiger partial charge in [-0.05, 0) is 36.8 Å². The van der Waals surface area contributed by atoms with Gasteiger partial charge in [-0.25, -0.2) is 18.3 Å². The van der Waals surface area contributed by atoms with Gasteiger partial charge in [0.25, 0.3) is 12.6 Å². The molecule has 40 heavy (non-hydrogen) atoms. The van der Waals surface area contributed by atoms with Crippen LogP contribution in [0.15, 0.2) is 45.7 Å². The third-order valence-corrected chi connectivity index (χ3v) is 8.19. The number of halogens is 6. The Labute approximate surface area is 233 Å². The molecule has 2 aromatic carbocycles. The van der Waals surface area contributed by atoms with E-state index in [1.807, 2.05) is 5.97 Å². The topological polar surface area (TPSA) is 103 Å². The van der Waals surface area contributed by atoms with Crippen LogP contribution >= 0.6 is 11.6 Å². The molecule has 15 heteroatoms. The smallest absolute Gasteiger partial charge is 0.371 e. The van der Waals surface area contributed by atoms with E-state index < -0.39 is 63.8 Å². The van der Waals surface area contributed by atoms with Gasteiger partial charge in [-0.2, -0.15) is 17.5 Å². The predicted octanol–water partition coefficient (Wildman–Crippen LogP) is 6.41. The quantitative estimate of drug-likeness (QED) is 0.304. The van der Waals surface area contributed by atoms with Gasteiger partial charge in [-0.1, -0.05) is 24.5 Å². The van der Waals surface area contributed by atoms with Crippen molar-refractivity contribution in [3.05, 3.63) is 52.5 Å². The standard InChI is InChI=1S/C25H25BClF5N4O3S/c1-26(15-33)14-22(37)35-40(2,39)17-6-3-5-16(11-17)34-23(38)18-12-20(27)19(25(30,31)32)13-21(18)36-9-4-7-24(28,29)8-10-36/h3,5-6,11-13H,4,7-10,14H2,1-2H3,(H,34,38). The summed E-state index contributed by atoms with van der Waals surface area (Å²) in [4.78, 5) is 26.8. The molecule has 1 unspecified atom stereocenters. The summed E-state index contributed by atoms with van der Waals surface area (Å²) in [5.74, 6) is -2.71. The Kier molecular flexibility index (Phi) is 9.52. The van der Waals surface area contributed by atoms with Crippen LogP contribution in [0, 0.1) is 11.2 Å². The van der Waals surface area contributed by atoms with Crippen LogP contribution in [0.2, 0.25) is 18.2 Å². The van der Waals surface area contributed by atoms with E-state index in [-0.39, 0.29) is 47.7 Å². The molecule has 1 aliphatic rings. The van der Waals surface area contributed by atoms with Crippen molar-refractivity contribution in [1.29, 1.82) is 5.26 Å². The molecule has 7 nitrogen and oxygen atoms in total. The zero-order valence-corrected chi connectivity index (χ0v) is 23.1. The number of nitrogens with one attached hydrogen (secondary N) is 1. The first-order valence-electron chi connectivity index (χ1n) is 12.1. The van der Waals surface area contributed by atoms with Crippen molar-refractivity contribution in [2.45, 2.75) is 49.4 Å². The molecule has 2 aromatic rings. The first-order valence-corrected chi connectivity index (χ1v) is 14.4. The van der Waals surface area contributed by atoms with Crippen LogP contribution in [-0.4, -0.2) is 48.0 Å². The molecule has 0 aliphatic carbocycles. The zero-order valence-electron chi connectivity index (χ0n) is 21.5. The van der Waals surface area contributed by atoms with Crippen LogP contribution in [0.3, 0.4) is 0 Å². The van der Waals surface area contributed by atoms with E-state index in [0.717, 1.165) is 6.07 Å². The minimum absolute atomic E-state index is 0.000304. The van der Waals surface area contributed by atoms with Crippen LogP contribution in [0.25, 0.3) is 0 Å². The lowest BCUT2D eigenvalue weighted by atomic mass is 9.51. The first kappa shape index (κ1) is 31.4. The van der Waals surface area contributed by atoms with Crippen molar-refractivity contribution in [2.75, 3.05) is 29.6 Å². The molecule has 0 saturated carbocycles. The SMILES string of the molecule is CB(C#N)CC(=O)N=S(C)(=O)c1cccc(NC(=O)c2cc(Cl)c(C(F)(F)F)cc2N2CCCC(F)(F)CC2)c1. The molecule has 0 bridgehead atoms. The lowest BCUT2D eigenvalue weighted by Crippen LogP contribution is -2.29. The van der Waals surface area contributed by atoms with E-state index in [9.17, 15) is 35.8 Å². The van der Waals surface area contributed by atoms with E-state index in [1.54, 1.807) is 0 Å². The molecular formula is C25H25BClF5N4O3S. The molecule has 3 rings (SSSR count). The normalized spacial score (nSPS) is 16.7. The van der Waals surface area contributed by atoms with Crippen LogP contribution in [-0.2, 0) is 20.7 Å². The summed E-state index contributed by atoms with van der Waals surface area (Å²) in [6.45, 7) is 0.610. The van der Waals surface area contributed by atoms with Gasteiger partial charge in [-0.3, -0.25) is 9.59 Å². The van der Waals surface area contributed by atoms with Crippen LogP contribution < -0.4 is 10.2 Å². The lowest BCUT2D eigenvalue weighted by Gasteiger charge is -2.27. The Balaban J connectivity index is 1.97. The van der Waals surface area contributed by atoms with Crippen molar-refractivity contribution in [2.24, 2.45) is 4.36 Å². The number of anilines is 2. The third kappa shape index (κ3) is 7.94. The zero-order chi connectivity index (χ0) is 29.9. The summed E-state index contributed by atoms with van der Waals surface area (Å²) in [6.07, 6.45) is -4.89. The number of nitriles is 1. The molecule has 2 amide bonds. The first-order chi connectivity index (χ1) is 18.5. The van der Waals surface area contributed by atoms with Crippen molar-refractivity contribution in [1.82, 2.24) is 0 Å². The second kappa shape index (κ2) is 12.1.